The van der Waals surface area contributed by atoms with E-state index in [1.165, 1.54) is 38.6 Å². The molecule has 4 nitrogen and oxygen atoms in total. The lowest BCUT2D eigenvalue weighted by atomic mass is 9.87. The van der Waals surface area contributed by atoms with Crippen molar-refractivity contribution in [2.45, 2.75) is 44.6 Å². The Bertz CT molecular complexity index is 315. The van der Waals surface area contributed by atoms with Crippen LogP contribution >= 0.6 is 0 Å². The van der Waals surface area contributed by atoms with Gasteiger partial charge in [-0.05, 0) is 31.7 Å². The predicted molar refractivity (Wildman–Crippen MR) is 73.9 cm³/mol. The first-order valence-corrected chi connectivity index (χ1v) is 7.94. The van der Waals surface area contributed by atoms with Crippen molar-refractivity contribution in [1.82, 2.24) is 10.2 Å². The average molecular weight is 266 g/mol. The zero-order valence-electron chi connectivity index (χ0n) is 11.8. The van der Waals surface area contributed by atoms with Gasteiger partial charge in [-0.3, -0.25) is 4.79 Å². The van der Waals surface area contributed by atoms with Crippen molar-refractivity contribution >= 4 is 5.91 Å². The van der Waals surface area contributed by atoms with Crippen LogP contribution in [0.4, 0.5) is 0 Å². The highest BCUT2D eigenvalue weighted by Gasteiger charge is 2.36. The van der Waals surface area contributed by atoms with Crippen molar-refractivity contribution in [3.05, 3.63) is 0 Å². The molecule has 3 aliphatic rings. The highest BCUT2D eigenvalue weighted by Crippen LogP contribution is 2.27. The van der Waals surface area contributed by atoms with Crippen molar-refractivity contribution in [3.8, 4) is 0 Å². The number of nitrogens with zero attached hydrogens (tertiary/aromatic N) is 1. The van der Waals surface area contributed by atoms with Crippen LogP contribution in [0.2, 0.25) is 0 Å². The van der Waals surface area contributed by atoms with Crippen LogP contribution in [0.5, 0.6) is 0 Å². The van der Waals surface area contributed by atoms with Gasteiger partial charge in [-0.1, -0.05) is 19.3 Å². The van der Waals surface area contributed by atoms with Gasteiger partial charge in [-0.15, -0.1) is 0 Å². The molecule has 0 spiro atoms. The van der Waals surface area contributed by atoms with Crippen LogP contribution in [0.25, 0.3) is 0 Å². The topological polar surface area (TPSA) is 41.6 Å². The van der Waals surface area contributed by atoms with E-state index in [1.54, 1.807) is 0 Å². The number of fused-ring (bicyclic) bond motifs is 1. The quantitative estimate of drug-likeness (QED) is 0.821. The second kappa shape index (κ2) is 6.23. The summed E-state index contributed by atoms with van der Waals surface area (Å²) in [4.78, 5) is 14.5. The average Bonchev–Trinajstić information content (AvgIpc) is 2.62. The van der Waals surface area contributed by atoms with E-state index < -0.39 is 0 Å². The molecule has 1 amide bonds. The maximum atomic E-state index is 11.9. The van der Waals surface area contributed by atoms with E-state index in [1.807, 2.05) is 0 Å². The summed E-state index contributed by atoms with van der Waals surface area (Å²) in [6.45, 7) is 4.58. The second-order valence-electron chi connectivity index (χ2n) is 6.36. The van der Waals surface area contributed by atoms with E-state index in [2.05, 4.69) is 10.2 Å². The van der Waals surface area contributed by atoms with E-state index in [4.69, 9.17) is 4.74 Å². The van der Waals surface area contributed by atoms with E-state index in [-0.39, 0.29) is 17.9 Å². The highest BCUT2D eigenvalue weighted by atomic mass is 16.5. The van der Waals surface area contributed by atoms with Crippen molar-refractivity contribution in [3.63, 3.8) is 0 Å². The van der Waals surface area contributed by atoms with E-state index in [0.29, 0.717) is 13.2 Å². The summed E-state index contributed by atoms with van der Waals surface area (Å²) in [7, 11) is 0. The van der Waals surface area contributed by atoms with Crippen LogP contribution in [-0.2, 0) is 9.53 Å². The molecule has 2 saturated heterocycles. The first-order chi connectivity index (χ1) is 9.33. The van der Waals surface area contributed by atoms with Gasteiger partial charge in [0.05, 0.1) is 18.6 Å². The van der Waals surface area contributed by atoms with Crippen LogP contribution in [0.1, 0.15) is 38.5 Å². The molecular formula is C15H26N2O2. The first kappa shape index (κ1) is 13.4. The molecule has 19 heavy (non-hydrogen) atoms. The maximum Gasteiger partial charge on any atom is 0.225 e. The number of carbonyl (C=O) groups is 1. The molecule has 0 aromatic carbocycles. The number of hydrogen-bond acceptors (Lipinski definition) is 3. The molecule has 108 valence electrons. The number of ether oxygens (including phenoxy) is 1. The summed E-state index contributed by atoms with van der Waals surface area (Å²) in [6.07, 6.45) is 8.11. The second-order valence-corrected chi connectivity index (χ2v) is 6.36. The molecule has 0 unspecified atom stereocenters. The fourth-order valence-corrected chi connectivity index (χ4v) is 3.87. The summed E-state index contributed by atoms with van der Waals surface area (Å²) < 4.78 is 5.87. The Hall–Kier alpha value is -0.610. The van der Waals surface area contributed by atoms with Crippen molar-refractivity contribution in [2.24, 2.45) is 11.8 Å². The van der Waals surface area contributed by atoms with Gasteiger partial charge in [0.25, 0.3) is 0 Å². The zero-order chi connectivity index (χ0) is 13.1. The lowest BCUT2D eigenvalue weighted by molar-refractivity contribution is -0.130. The van der Waals surface area contributed by atoms with E-state index in [9.17, 15) is 4.79 Å². The summed E-state index contributed by atoms with van der Waals surface area (Å²) >= 11 is 0. The molecule has 3 fully saturated rings. The van der Waals surface area contributed by atoms with Crippen LogP contribution in [0, 0.1) is 11.8 Å². The number of likely N-dealkylation sites (tertiary alicyclic amines) is 1. The number of piperidine rings is 1. The largest absolute Gasteiger partial charge is 0.374 e. The van der Waals surface area contributed by atoms with Gasteiger partial charge < -0.3 is 15.0 Å². The highest BCUT2D eigenvalue weighted by molar-refractivity contribution is 5.79. The third-order valence-corrected chi connectivity index (χ3v) is 4.95. The van der Waals surface area contributed by atoms with Crippen molar-refractivity contribution in [2.75, 3.05) is 32.8 Å². The van der Waals surface area contributed by atoms with Gasteiger partial charge in [0, 0.05) is 19.6 Å². The minimum atomic E-state index is 0.0881. The molecule has 2 heterocycles. The predicted octanol–water partition coefficient (Wildman–Crippen LogP) is 1.40. The van der Waals surface area contributed by atoms with Gasteiger partial charge in [0.1, 0.15) is 0 Å². The molecule has 0 aromatic rings. The van der Waals surface area contributed by atoms with Crippen LogP contribution in [0.15, 0.2) is 0 Å². The molecular weight excluding hydrogens is 240 g/mol. The molecule has 2 aliphatic heterocycles. The van der Waals surface area contributed by atoms with Gasteiger partial charge in [-0.2, -0.15) is 0 Å². The van der Waals surface area contributed by atoms with Gasteiger partial charge >= 0.3 is 0 Å². The molecule has 4 heteroatoms. The number of amides is 1. The Morgan fingerprint density at radius 3 is 2.89 bits per heavy atom. The Balaban J connectivity index is 1.54. The van der Waals surface area contributed by atoms with Gasteiger partial charge in [0.2, 0.25) is 5.91 Å². The van der Waals surface area contributed by atoms with Gasteiger partial charge in [0.15, 0.2) is 0 Å². The standard InChI is InChI=1S/C15H26N2O2/c18-15-13-6-8-17(10-12-4-2-1-3-5-12)11-14(13)19-9-7-16-15/h12-14H,1-11H2,(H,16,18)/t13-,14+/m1/s1. The fourth-order valence-electron chi connectivity index (χ4n) is 3.87. The van der Waals surface area contributed by atoms with Crippen LogP contribution < -0.4 is 5.32 Å². The zero-order valence-corrected chi connectivity index (χ0v) is 11.8. The molecule has 1 N–H and O–H groups in total. The van der Waals surface area contributed by atoms with Gasteiger partial charge in [-0.25, -0.2) is 0 Å². The summed E-state index contributed by atoms with van der Waals surface area (Å²) in [5, 5.41) is 2.96. The summed E-state index contributed by atoms with van der Waals surface area (Å²) in [6, 6.07) is 0. The number of nitrogens with one attached hydrogen (secondary N) is 1. The van der Waals surface area contributed by atoms with Crippen molar-refractivity contribution in [1.29, 1.82) is 0 Å². The lowest BCUT2D eigenvalue weighted by Crippen LogP contribution is -2.49. The molecule has 0 bridgehead atoms. The Morgan fingerprint density at radius 1 is 1.21 bits per heavy atom. The molecule has 3 rings (SSSR count). The third kappa shape index (κ3) is 3.29. The number of rotatable bonds is 2. The van der Waals surface area contributed by atoms with Crippen LogP contribution in [0.3, 0.4) is 0 Å². The molecule has 1 saturated carbocycles. The summed E-state index contributed by atoms with van der Waals surface area (Å²) in [5.41, 5.74) is 0. The minimum Gasteiger partial charge on any atom is -0.374 e. The lowest BCUT2D eigenvalue weighted by Gasteiger charge is -2.38. The first-order valence-electron chi connectivity index (χ1n) is 7.94. The molecule has 2 atom stereocenters. The number of hydrogen-bond donors (Lipinski definition) is 1. The van der Waals surface area contributed by atoms with Crippen molar-refractivity contribution < 1.29 is 9.53 Å². The monoisotopic (exact) mass is 266 g/mol. The Kier molecular flexibility index (Phi) is 4.38. The number of carbonyl (C=O) groups excluding carboxylic acids is 1. The molecule has 0 aromatic heterocycles. The fraction of sp³-hybridized carbons (Fsp3) is 0.933. The van der Waals surface area contributed by atoms with E-state index in [0.717, 1.165) is 25.4 Å². The SMILES string of the molecule is O=C1NCCO[C@H]2CN(CC3CCCCC3)CC[C@@H]12. The molecule has 0 radical (unpaired) electrons. The normalized spacial score (nSPS) is 34.4. The van der Waals surface area contributed by atoms with E-state index >= 15 is 0 Å². The smallest absolute Gasteiger partial charge is 0.225 e. The Labute approximate surface area is 115 Å². The molecule has 1 aliphatic carbocycles. The third-order valence-electron chi connectivity index (χ3n) is 4.95. The van der Waals surface area contributed by atoms with Crippen LogP contribution in [-0.4, -0.2) is 49.7 Å². The maximum absolute atomic E-state index is 11.9. The minimum absolute atomic E-state index is 0.0881. The summed E-state index contributed by atoms with van der Waals surface area (Å²) in [5.74, 6) is 1.18. The Morgan fingerprint density at radius 2 is 2.05 bits per heavy atom.